The van der Waals surface area contributed by atoms with E-state index in [-0.39, 0.29) is 28.7 Å². The standard InChI is InChI=1S/C28H30N6O4S/c1-15-4-6-22(17-5-7-23-21(10-17)31-27(39-23)19-8-9-33(3)14-16(19)2)34(13-15)28(37)25(36)30-18-11-20-24(35)32-38-26(20)29-12-18/h5,7,10-12,15,22H,4,6,8-9,13-14H2,1-3H3,(H,30,36)(H,32,35)/t15-,22+/m0/s1. The highest BCUT2D eigenvalue weighted by atomic mass is 32.1. The molecule has 5 heterocycles. The summed E-state index contributed by atoms with van der Waals surface area (Å²) in [6.45, 7) is 6.73. The van der Waals surface area contributed by atoms with Gasteiger partial charge < -0.3 is 19.6 Å². The minimum atomic E-state index is -0.767. The van der Waals surface area contributed by atoms with Crippen LogP contribution in [0.1, 0.15) is 49.7 Å². The molecule has 39 heavy (non-hydrogen) atoms. The first kappa shape index (κ1) is 25.4. The molecule has 2 aliphatic rings. The number of rotatable bonds is 3. The largest absolute Gasteiger partial charge is 0.358 e. The highest BCUT2D eigenvalue weighted by molar-refractivity contribution is 7.19. The van der Waals surface area contributed by atoms with E-state index in [4.69, 9.17) is 9.51 Å². The lowest BCUT2D eigenvalue weighted by atomic mass is 9.89. The number of aromatic nitrogens is 3. The molecule has 2 atom stereocenters. The van der Waals surface area contributed by atoms with Crippen molar-refractivity contribution < 1.29 is 14.1 Å². The molecule has 0 saturated carbocycles. The maximum Gasteiger partial charge on any atom is 0.313 e. The van der Waals surface area contributed by atoms with E-state index >= 15 is 0 Å². The lowest BCUT2D eigenvalue weighted by Crippen LogP contribution is -2.46. The summed E-state index contributed by atoms with van der Waals surface area (Å²) in [4.78, 5) is 51.3. The van der Waals surface area contributed by atoms with Crippen molar-refractivity contribution in [1.82, 2.24) is 24.9 Å². The molecular weight excluding hydrogens is 516 g/mol. The van der Waals surface area contributed by atoms with Crippen LogP contribution in [0.2, 0.25) is 0 Å². The van der Waals surface area contributed by atoms with Crippen molar-refractivity contribution in [3.63, 3.8) is 0 Å². The average molecular weight is 547 g/mol. The molecule has 2 N–H and O–H groups in total. The number of nitrogens with zero attached hydrogens (tertiary/aromatic N) is 4. The Kier molecular flexibility index (Phi) is 6.56. The van der Waals surface area contributed by atoms with Crippen molar-refractivity contribution >= 4 is 55.7 Å². The number of nitrogens with one attached hydrogen (secondary N) is 2. The van der Waals surface area contributed by atoms with Crippen LogP contribution in [0.25, 0.3) is 26.9 Å². The molecule has 6 rings (SSSR count). The summed E-state index contributed by atoms with van der Waals surface area (Å²) in [5, 5.41) is 6.08. The molecule has 0 spiro atoms. The topological polar surface area (TPSA) is 124 Å². The van der Waals surface area contributed by atoms with Crippen molar-refractivity contribution in [1.29, 1.82) is 0 Å². The number of hydrogen-bond donors (Lipinski definition) is 2. The number of piperidine rings is 1. The molecule has 1 aromatic carbocycles. The number of aromatic amines is 1. The first-order chi connectivity index (χ1) is 18.8. The fourth-order valence-corrected chi connectivity index (χ4v) is 6.72. The molecule has 0 unspecified atom stereocenters. The molecule has 10 nitrogen and oxygen atoms in total. The molecule has 1 fully saturated rings. The Morgan fingerprint density at radius 3 is 2.90 bits per heavy atom. The van der Waals surface area contributed by atoms with Crippen LogP contribution in [0.15, 0.2) is 45.4 Å². The van der Waals surface area contributed by atoms with Gasteiger partial charge in [-0.05, 0) is 68.5 Å². The molecule has 202 valence electrons. The molecule has 2 aliphatic heterocycles. The quantitative estimate of drug-likeness (QED) is 0.370. The molecular formula is C28H30N6O4S. The summed E-state index contributed by atoms with van der Waals surface area (Å²) in [5.41, 5.74) is 4.54. The minimum Gasteiger partial charge on any atom is -0.358 e. The number of amides is 2. The molecule has 3 aromatic heterocycles. The lowest BCUT2D eigenvalue weighted by molar-refractivity contribution is -0.146. The SMILES string of the molecule is CC1=C(c2nc3cc([C@H]4CC[C@H](C)CN4C(=O)C(=O)Nc4cnc5o[nH]c(=O)c5c4)ccc3s2)CCN(C)C1. The van der Waals surface area contributed by atoms with Gasteiger partial charge >= 0.3 is 11.8 Å². The number of carbonyl (C=O) groups is 2. The summed E-state index contributed by atoms with van der Waals surface area (Å²) in [7, 11) is 2.14. The van der Waals surface area contributed by atoms with Gasteiger partial charge in [-0.2, -0.15) is 5.16 Å². The molecule has 1 saturated heterocycles. The Balaban J connectivity index is 1.25. The van der Waals surface area contributed by atoms with Gasteiger partial charge in [0.2, 0.25) is 0 Å². The predicted octanol–water partition coefficient (Wildman–Crippen LogP) is 4.17. The second-order valence-corrected chi connectivity index (χ2v) is 11.7. The third-order valence-corrected chi connectivity index (χ3v) is 8.78. The zero-order chi connectivity index (χ0) is 27.3. The fourth-order valence-electron chi connectivity index (χ4n) is 5.62. The van der Waals surface area contributed by atoms with E-state index in [2.05, 4.69) is 59.5 Å². The third kappa shape index (κ3) is 4.87. The minimum absolute atomic E-state index is 0.136. The van der Waals surface area contributed by atoms with Gasteiger partial charge in [0.05, 0.1) is 28.1 Å². The number of likely N-dealkylation sites (N-methyl/N-ethyl adjacent to an activating group) is 1. The second kappa shape index (κ2) is 10.0. The fraction of sp³-hybridized carbons (Fsp3) is 0.393. The number of pyridine rings is 1. The lowest BCUT2D eigenvalue weighted by Gasteiger charge is -2.38. The summed E-state index contributed by atoms with van der Waals surface area (Å²) in [6, 6.07) is 7.43. The molecule has 0 bridgehead atoms. The van der Waals surface area contributed by atoms with Gasteiger partial charge in [0.15, 0.2) is 0 Å². The second-order valence-electron chi connectivity index (χ2n) is 10.7. The van der Waals surface area contributed by atoms with Gasteiger partial charge in [-0.3, -0.25) is 14.4 Å². The molecule has 0 aliphatic carbocycles. The van der Waals surface area contributed by atoms with Gasteiger partial charge in [0.1, 0.15) is 10.4 Å². The van der Waals surface area contributed by atoms with Crippen molar-refractivity contribution in [2.24, 2.45) is 5.92 Å². The number of carbonyl (C=O) groups excluding carboxylic acids is 2. The van der Waals surface area contributed by atoms with Crippen LogP contribution < -0.4 is 10.9 Å². The van der Waals surface area contributed by atoms with Gasteiger partial charge in [-0.1, -0.05) is 18.6 Å². The molecule has 0 radical (unpaired) electrons. The zero-order valence-electron chi connectivity index (χ0n) is 22.1. The number of thiazole rings is 1. The van der Waals surface area contributed by atoms with Gasteiger partial charge in [0, 0.05) is 19.6 Å². The van der Waals surface area contributed by atoms with E-state index in [0.717, 1.165) is 53.1 Å². The molecule has 4 aromatic rings. The van der Waals surface area contributed by atoms with Crippen molar-refractivity contribution in [2.75, 3.05) is 32.0 Å². The molecule has 2 amide bonds. The van der Waals surface area contributed by atoms with Crippen molar-refractivity contribution in [2.45, 2.75) is 39.2 Å². The number of hydrogen-bond acceptors (Lipinski definition) is 8. The Labute approximate surface area is 228 Å². The Morgan fingerprint density at radius 1 is 1.23 bits per heavy atom. The van der Waals surface area contributed by atoms with Crippen LogP contribution in [0.5, 0.6) is 0 Å². The highest BCUT2D eigenvalue weighted by Gasteiger charge is 2.34. The third-order valence-electron chi connectivity index (χ3n) is 7.69. The molecule has 11 heteroatoms. The number of anilines is 1. The Hall–Kier alpha value is -3.83. The normalized spacial score (nSPS) is 20.6. The van der Waals surface area contributed by atoms with E-state index < -0.39 is 17.4 Å². The predicted molar refractivity (Wildman–Crippen MR) is 150 cm³/mol. The van der Waals surface area contributed by atoms with Crippen LogP contribution in [0.4, 0.5) is 5.69 Å². The van der Waals surface area contributed by atoms with Crippen molar-refractivity contribution in [3.05, 3.63) is 57.0 Å². The summed E-state index contributed by atoms with van der Waals surface area (Å²) < 4.78 is 6.07. The average Bonchev–Trinajstić information content (AvgIpc) is 3.51. The number of fused-ring (bicyclic) bond motifs is 2. The maximum absolute atomic E-state index is 13.4. The maximum atomic E-state index is 13.4. The van der Waals surface area contributed by atoms with Crippen LogP contribution in [-0.4, -0.2) is 63.4 Å². The van der Waals surface area contributed by atoms with E-state index in [0.29, 0.717) is 6.54 Å². The number of H-pyrrole nitrogens is 1. The summed E-state index contributed by atoms with van der Waals surface area (Å²) >= 11 is 1.71. The first-order valence-corrected chi connectivity index (χ1v) is 14.0. The summed E-state index contributed by atoms with van der Waals surface area (Å²) in [5.74, 6) is -1.11. The van der Waals surface area contributed by atoms with Crippen molar-refractivity contribution in [3.8, 4) is 0 Å². The highest BCUT2D eigenvalue weighted by Crippen LogP contribution is 2.37. The van der Waals surface area contributed by atoms with E-state index in [9.17, 15) is 14.4 Å². The van der Waals surface area contributed by atoms with Crippen LogP contribution >= 0.6 is 11.3 Å². The van der Waals surface area contributed by atoms with E-state index in [1.54, 1.807) is 16.2 Å². The van der Waals surface area contributed by atoms with Gasteiger partial charge in [-0.25, -0.2) is 9.97 Å². The van der Waals surface area contributed by atoms with Crippen LogP contribution in [0, 0.1) is 5.92 Å². The smallest absolute Gasteiger partial charge is 0.313 e. The van der Waals surface area contributed by atoms with Crippen LogP contribution in [-0.2, 0) is 9.59 Å². The Bertz CT molecular complexity index is 1680. The monoisotopic (exact) mass is 546 g/mol. The van der Waals surface area contributed by atoms with E-state index in [1.807, 2.05) is 0 Å². The number of benzene rings is 1. The zero-order valence-corrected chi connectivity index (χ0v) is 22.9. The van der Waals surface area contributed by atoms with Gasteiger partial charge in [0.25, 0.3) is 11.3 Å². The van der Waals surface area contributed by atoms with E-state index in [1.165, 1.54) is 23.4 Å². The van der Waals surface area contributed by atoms with Gasteiger partial charge in [-0.15, -0.1) is 11.3 Å². The van der Waals surface area contributed by atoms with Crippen LogP contribution in [0.3, 0.4) is 0 Å². The summed E-state index contributed by atoms with van der Waals surface area (Å²) in [6.07, 6.45) is 4.07. The Morgan fingerprint density at radius 2 is 2.08 bits per heavy atom. The first-order valence-electron chi connectivity index (χ1n) is 13.1. The number of likely N-dealkylation sites (tertiary alicyclic amines) is 1.